The minimum absolute atomic E-state index is 0.173. The Hall–Kier alpha value is -3.87. The molecule has 7 heteroatoms. The molecule has 0 spiro atoms. The lowest BCUT2D eigenvalue weighted by molar-refractivity contribution is 0.0941. The van der Waals surface area contributed by atoms with Gasteiger partial charge >= 0.3 is 0 Å². The van der Waals surface area contributed by atoms with E-state index in [1.165, 1.54) is 0 Å². The van der Waals surface area contributed by atoms with E-state index in [0.717, 1.165) is 39.5 Å². The number of benzene rings is 2. The molecule has 1 atom stereocenters. The van der Waals surface area contributed by atoms with E-state index in [-0.39, 0.29) is 11.9 Å². The fourth-order valence-electron chi connectivity index (χ4n) is 3.77. The highest BCUT2D eigenvalue weighted by molar-refractivity contribution is 6.07. The van der Waals surface area contributed by atoms with Crippen molar-refractivity contribution in [2.45, 2.75) is 26.8 Å². The van der Waals surface area contributed by atoms with Crippen molar-refractivity contribution in [2.75, 3.05) is 14.2 Å². The maximum absolute atomic E-state index is 13.3. The van der Waals surface area contributed by atoms with Gasteiger partial charge in [-0.15, -0.1) is 0 Å². The van der Waals surface area contributed by atoms with E-state index in [1.807, 2.05) is 75.4 Å². The number of amides is 1. The van der Waals surface area contributed by atoms with Crippen LogP contribution in [-0.4, -0.2) is 34.9 Å². The van der Waals surface area contributed by atoms with Crippen molar-refractivity contribution in [3.8, 4) is 17.2 Å². The Kier molecular flexibility index (Phi) is 5.81. The maximum atomic E-state index is 13.3. The number of carbonyl (C=O) groups excluding carboxylic acids is 1. The highest BCUT2D eigenvalue weighted by Gasteiger charge is 2.21. The van der Waals surface area contributed by atoms with E-state index in [9.17, 15) is 4.79 Å². The van der Waals surface area contributed by atoms with Gasteiger partial charge in [-0.3, -0.25) is 4.79 Å². The number of carbonyl (C=O) groups is 1. The molecular formula is C25H26N4O3. The van der Waals surface area contributed by atoms with Crippen LogP contribution in [0.15, 0.2) is 54.6 Å². The third kappa shape index (κ3) is 4.01. The van der Waals surface area contributed by atoms with Crippen LogP contribution in [0.25, 0.3) is 16.7 Å². The predicted molar refractivity (Wildman–Crippen MR) is 124 cm³/mol. The third-order valence-electron chi connectivity index (χ3n) is 5.44. The third-order valence-corrected chi connectivity index (χ3v) is 5.44. The van der Waals surface area contributed by atoms with Gasteiger partial charge in [-0.1, -0.05) is 12.1 Å². The molecule has 0 saturated carbocycles. The topological polar surface area (TPSA) is 78.3 Å². The van der Waals surface area contributed by atoms with E-state index >= 15 is 0 Å². The smallest absolute Gasteiger partial charge is 0.252 e. The summed E-state index contributed by atoms with van der Waals surface area (Å²) in [4.78, 5) is 18.0. The number of nitrogens with one attached hydrogen (secondary N) is 1. The van der Waals surface area contributed by atoms with Crippen LogP contribution in [0.1, 0.15) is 40.3 Å². The van der Waals surface area contributed by atoms with Gasteiger partial charge in [-0.25, -0.2) is 9.67 Å². The van der Waals surface area contributed by atoms with Gasteiger partial charge in [0.25, 0.3) is 5.91 Å². The Morgan fingerprint density at radius 1 is 1.00 bits per heavy atom. The summed E-state index contributed by atoms with van der Waals surface area (Å²) < 4.78 is 12.3. The quantitative estimate of drug-likeness (QED) is 0.486. The molecule has 0 unspecified atom stereocenters. The van der Waals surface area contributed by atoms with Crippen molar-refractivity contribution < 1.29 is 14.3 Å². The maximum Gasteiger partial charge on any atom is 0.252 e. The summed E-state index contributed by atoms with van der Waals surface area (Å²) in [6.07, 6.45) is 0. The summed E-state index contributed by atoms with van der Waals surface area (Å²) in [5.74, 6) is 1.34. The van der Waals surface area contributed by atoms with Crippen LogP contribution in [0.5, 0.6) is 11.5 Å². The van der Waals surface area contributed by atoms with Crippen LogP contribution < -0.4 is 14.8 Å². The average molecular weight is 431 g/mol. The Labute approximate surface area is 187 Å². The first-order chi connectivity index (χ1) is 15.4. The lowest BCUT2D eigenvalue weighted by Crippen LogP contribution is -2.27. The van der Waals surface area contributed by atoms with Crippen LogP contribution >= 0.6 is 0 Å². The normalized spacial score (nSPS) is 11.9. The number of pyridine rings is 1. The second-order valence-electron chi connectivity index (χ2n) is 7.68. The van der Waals surface area contributed by atoms with E-state index < -0.39 is 0 Å². The zero-order valence-corrected chi connectivity index (χ0v) is 18.8. The number of nitrogens with zero attached hydrogens (tertiary/aromatic N) is 3. The molecule has 0 saturated heterocycles. The number of hydrogen-bond donors (Lipinski definition) is 1. The van der Waals surface area contributed by atoms with Gasteiger partial charge in [0.15, 0.2) is 5.65 Å². The van der Waals surface area contributed by atoms with Crippen molar-refractivity contribution in [3.05, 3.63) is 77.1 Å². The molecule has 0 aliphatic rings. The first-order valence-electron chi connectivity index (χ1n) is 10.4. The summed E-state index contributed by atoms with van der Waals surface area (Å²) in [5.41, 5.74) is 4.49. The van der Waals surface area contributed by atoms with Gasteiger partial charge in [0.1, 0.15) is 11.5 Å². The zero-order chi connectivity index (χ0) is 22.8. The Morgan fingerprint density at radius 2 is 1.72 bits per heavy atom. The van der Waals surface area contributed by atoms with Crippen molar-refractivity contribution in [1.29, 1.82) is 0 Å². The fraction of sp³-hybridized carbons (Fsp3) is 0.240. The molecular weight excluding hydrogens is 404 g/mol. The van der Waals surface area contributed by atoms with Gasteiger partial charge in [0.05, 0.1) is 42.6 Å². The summed E-state index contributed by atoms with van der Waals surface area (Å²) in [6, 6.07) is 16.9. The highest BCUT2D eigenvalue weighted by Crippen LogP contribution is 2.27. The summed E-state index contributed by atoms with van der Waals surface area (Å²) in [6.45, 7) is 5.72. The molecule has 7 nitrogen and oxygen atoms in total. The molecule has 1 amide bonds. The number of methoxy groups -OCH3 is 2. The number of ether oxygens (including phenoxy) is 2. The standard InChI is InChI=1S/C25H26N4O3/c1-15-13-22(25(30)27-16(2)18-7-6-8-21(14-18)32-5)23-17(3)28-29(24(23)26-15)19-9-11-20(31-4)12-10-19/h6-14,16H,1-5H3,(H,27,30)/t16-/m1/s1. The monoisotopic (exact) mass is 430 g/mol. The molecule has 2 aromatic heterocycles. The molecule has 4 rings (SSSR count). The molecule has 2 heterocycles. The number of aryl methyl sites for hydroxylation is 2. The van der Waals surface area contributed by atoms with Gasteiger partial charge in [-0.2, -0.15) is 5.10 Å². The van der Waals surface area contributed by atoms with Crippen molar-refractivity contribution in [1.82, 2.24) is 20.1 Å². The fourth-order valence-corrected chi connectivity index (χ4v) is 3.77. The first-order valence-corrected chi connectivity index (χ1v) is 10.4. The predicted octanol–water partition coefficient (Wildman–Crippen LogP) is 4.55. The lowest BCUT2D eigenvalue weighted by atomic mass is 10.1. The van der Waals surface area contributed by atoms with E-state index in [2.05, 4.69) is 10.4 Å². The Balaban J connectivity index is 1.72. The van der Waals surface area contributed by atoms with Crippen LogP contribution in [0.2, 0.25) is 0 Å². The second kappa shape index (κ2) is 8.70. The summed E-state index contributed by atoms with van der Waals surface area (Å²) in [7, 11) is 3.26. The number of aromatic nitrogens is 3. The largest absolute Gasteiger partial charge is 0.497 e. The van der Waals surface area contributed by atoms with Gasteiger partial charge in [-0.05, 0) is 68.8 Å². The molecule has 0 bridgehead atoms. The number of hydrogen-bond acceptors (Lipinski definition) is 5. The van der Waals surface area contributed by atoms with Gasteiger partial charge < -0.3 is 14.8 Å². The molecule has 2 aromatic carbocycles. The molecule has 32 heavy (non-hydrogen) atoms. The summed E-state index contributed by atoms with van der Waals surface area (Å²) in [5, 5.41) is 8.51. The SMILES string of the molecule is COc1ccc(-n2nc(C)c3c(C(=O)N[C@H](C)c4cccc(OC)c4)cc(C)nc32)cc1. The number of fused-ring (bicyclic) bond motifs is 1. The Morgan fingerprint density at radius 3 is 2.41 bits per heavy atom. The summed E-state index contributed by atoms with van der Waals surface area (Å²) >= 11 is 0. The van der Waals surface area contributed by atoms with Gasteiger partial charge in [0, 0.05) is 5.69 Å². The highest BCUT2D eigenvalue weighted by atomic mass is 16.5. The van der Waals surface area contributed by atoms with E-state index in [0.29, 0.717) is 11.2 Å². The molecule has 4 aromatic rings. The molecule has 0 fully saturated rings. The van der Waals surface area contributed by atoms with Crippen LogP contribution in [0.4, 0.5) is 0 Å². The van der Waals surface area contributed by atoms with E-state index in [4.69, 9.17) is 14.5 Å². The van der Waals surface area contributed by atoms with Crippen molar-refractivity contribution in [3.63, 3.8) is 0 Å². The van der Waals surface area contributed by atoms with Crippen molar-refractivity contribution >= 4 is 16.9 Å². The van der Waals surface area contributed by atoms with Gasteiger partial charge in [0.2, 0.25) is 0 Å². The molecule has 0 radical (unpaired) electrons. The van der Waals surface area contributed by atoms with Crippen LogP contribution in [0, 0.1) is 13.8 Å². The van der Waals surface area contributed by atoms with E-state index in [1.54, 1.807) is 18.9 Å². The molecule has 1 N–H and O–H groups in total. The minimum Gasteiger partial charge on any atom is -0.497 e. The minimum atomic E-state index is -0.196. The van der Waals surface area contributed by atoms with Crippen molar-refractivity contribution in [2.24, 2.45) is 0 Å². The van der Waals surface area contributed by atoms with Crippen LogP contribution in [-0.2, 0) is 0 Å². The first kappa shape index (κ1) is 21.4. The van der Waals surface area contributed by atoms with Crippen LogP contribution in [0.3, 0.4) is 0 Å². The molecule has 164 valence electrons. The zero-order valence-electron chi connectivity index (χ0n) is 18.8. The average Bonchev–Trinajstić information content (AvgIpc) is 3.14. The molecule has 0 aliphatic carbocycles. The lowest BCUT2D eigenvalue weighted by Gasteiger charge is -2.16. The second-order valence-corrected chi connectivity index (χ2v) is 7.68. The Bertz CT molecular complexity index is 1280. The number of rotatable bonds is 6. The molecule has 0 aliphatic heterocycles.